The fraction of sp³-hybridized carbons (Fsp3) is 0.289. The number of likely N-dealkylation sites (N-methyl/N-ethyl adjacent to an activating group) is 1. The van der Waals surface area contributed by atoms with Gasteiger partial charge in [0.25, 0.3) is 5.91 Å². The van der Waals surface area contributed by atoms with Crippen molar-refractivity contribution in [1.29, 1.82) is 0 Å². The standard InChI is InChI=1S/C38H41N3O4/c1-28(2)34(37(44)45)39(3)35(42)29-23-26-40(27-24-29)36(43)33-22-14-7-15-25-41(33)38(30-16-8-4-9-17-30,31-18-10-5-11-19-31)32-20-12-6-13-21-32/h4-22,25,28-29,34H,23-24,26-27H2,1-3H3,(H,44,45)/t34-/m0/s1. The van der Waals surface area contributed by atoms with Crippen molar-refractivity contribution in [1.82, 2.24) is 14.7 Å². The molecule has 3 aromatic carbocycles. The first-order valence-electron chi connectivity index (χ1n) is 15.6. The van der Waals surface area contributed by atoms with Crippen LogP contribution < -0.4 is 0 Å². The second kappa shape index (κ2) is 13.8. The summed E-state index contributed by atoms with van der Waals surface area (Å²) in [5.74, 6) is -1.86. The minimum Gasteiger partial charge on any atom is -0.480 e. The first-order valence-corrected chi connectivity index (χ1v) is 15.6. The summed E-state index contributed by atoms with van der Waals surface area (Å²) >= 11 is 0. The van der Waals surface area contributed by atoms with E-state index in [9.17, 15) is 19.5 Å². The summed E-state index contributed by atoms with van der Waals surface area (Å²) in [6.07, 6.45) is 10.6. The molecule has 3 aromatic rings. The first kappa shape index (κ1) is 31.5. The maximum absolute atomic E-state index is 14.5. The van der Waals surface area contributed by atoms with Crippen LogP contribution in [0, 0.1) is 11.8 Å². The Bertz CT molecular complexity index is 1480. The SMILES string of the molecule is CC(C)[C@@H](C(=O)O)N(C)C(=O)C1CCN(C(=O)C2=CC=CC=CN2C(c2ccccc2)(c2ccccc2)c2ccccc2)CC1. The molecular weight excluding hydrogens is 562 g/mol. The molecule has 232 valence electrons. The van der Waals surface area contributed by atoms with Gasteiger partial charge in [0.1, 0.15) is 17.3 Å². The van der Waals surface area contributed by atoms with E-state index in [-0.39, 0.29) is 23.7 Å². The van der Waals surface area contributed by atoms with Crippen LogP contribution in [0.15, 0.2) is 127 Å². The van der Waals surface area contributed by atoms with Gasteiger partial charge in [0.15, 0.2) is 0 Å². The molecule has 2 aliphatic rings. The van der Waals surface area contributed by atoms with E-state index in [1.165, 1.54) is 4.90 Å². The molecule has 1 N–H and O–H groups in total. The van der Waals surface area contributed by atoms with Gasteiger partial charge in [0, 0.05) is 32.3 Å². The number of nitrogens with zero attached hydrogens (tertiary/aromatic N) is 3. The van der Waals surface area contributed by atoms with Gasteiger partial charge < -0.3 is 19.8 Å². The Hall–Kier alpha value is -4.91. The molecule has 5 rings (SSSR count). The molecule has 45 heavy (non-hydrogen) atoms. The number of rotatable bonds is 9. The average Bonchev–Trinajstić information content (AvgIpc) is 3.32. The number of carbonyl (C=O) groups excluding carboxylic acids is 2. The number of allylic oxidation sites excluding steroid dienone is 4. The second-order valence-corrected chi connectivity index (χ2v) is 12.0. The Labute approximate surface area is 265 Å². The molecule has 7 heteroatoms. The number of piperidine rings is 1. The first-order chi connectivity index (χ1) is 21.8. The van der Waals surface area contributed by atoms with Crippen LogP contribution in [0.2, 0.25) is 0 Å². The Morgan fingerprint density at radius 1 is 0.778 bits per heavy atom. The lowest BCUT2D eigenvalue weighted by Gasteiger charge is -2.46. The molecule has 2 heterocycles. The zero-order chi connectivity index (χ0) is 32.0. The van der Waals surface area contributed by atoms with Crippen LogP contribution in [0.25, 0.3) is 0 Å². The second-order valence-electron chi connectivity index (χ2n) is 12.0. The maximum Gasteiger partial charge on any atom is 0.326 e. The highest BCUT2D eigenvalue weighted by atomic mass is 16.4. The number of hydrogen-bond donors (Lipinski definition) is 1. The van der Waals surface area contributed by atoms with Crippen LogP contribution in [-0.4, -0.2) is 63.8 Å². The molecule has 2 amide bonds. The minimum absolute atomic E-state index is 0.122. The number of carbonyl (C=O) groups is 3. The topological polar surface area (TPSA) is 81.2 Å². The molecule has 0 aliphatic carbocycles. The lowest BCUT2D eigenvalue weighted by atomic mass is 9.75. The van der Waals surface area contributed by atoms with E-state index in [4.69, 9.17) is 0 Å². The van der Waals surface area contributed by atoms with Crippen LogP contribution in [0.4, 0.5) is 0 Å². The highest BCUT2D eigenvalue weighted by Gasteiger charge is 2.45. The molecule has 1 fully saturated rings. The molecule has 0 bridgehead atoms. The van der Waals surface area contributed by atoms with E-state index in [1.54, 1.807) is 20.9 Å². The Balaban J connectivity index is 1.50. The Kier molecular flexibility index (Phi) is 9.67. The molecule has 2 aliphatic heterocycles. The van der Waals surface area contributed by atoms with Crippen LogP contribution in [0.5, 0.6) is 0 Å². The number of benzene rings is 3. The van der Waals surface area contributed by atoms with Crippen molar-refractivity contribution in [3.63, 3.8) is 0 Å². The van der Waals surface area contributed by atoms with Crippen molar-refractivity contribution in [2.45, 2.75) is 38.3 Å². The molecule has 7 nitrogen and oxygen atoms in total. The van der Waals surface area contributed by atoms with Crippen LogP contribution in [-0.2, 0) is 19.9 Å². The zero-order valence-electron chi connectivity index (χ0n) is 26.1. The van der Waals surface area contributed by atoms with E-state index in [1.807, 2.05) is 90.0 Å². The Morgan fingerprint density at radius 2 is 1.27 bits per heavy atom. The summed E-state index contributed by atoms with van der Waals surface area (Å²) in [6, 6.07) is 29.8. The lowest BCUT2D eigenvalue weighted by Crippen LogP contribution is -2.52. The lowest BCUT2D eigenvalue weighted by molar-refractivity contribution is -0.153. The highest BCUT2D eigenvalue weighted by molar-refractivity contribution is 5.94. The van der Waals surface area contributed by atoms with Gasteiger partial charge in [-0.2, -0.15) is 0 Å². The van der Waals surface area contributed by atoms with Crippen molar-refractivity contribution in [3.8, 4) is 0 Å². The predicted octanol–water partition coefficient (Wildman–Crippen LogP) is 6.05. The van der Waals surface area contributed by atoms with Crippen molar-refractivity contribution in [2.24, 2.45) is 11.8 Å². The third-order valence-electron chi connectivity index (χ3n) is 8.91. The Morgan fingerprint density at radius 3 is 1.71 bits per heavy atom. The number of likely N-dealkylation sites (tertiary alicyclic amines) is 1. The van der Waals surface area contributed by atoms with Gasteiger partial charge in [-0.05, 0) is 47.6 Å². The monoisotopic (exact) mass is 603 g/mol. The normalized spacial score (nSPS) is 16.2. The molecule has 1 saturated heterocycles. The van der Waals surface area contributed by atoms with Gasteiger partial charge in [0.05, 0.1) is 0 Å². The fourth-order valence-electron chi connectivity index (χ4n) is 6.74. The smallest absolute Gasteiger partial charge is 0.326 e. The summed E-state index contributed by atoms with van der Waals surface area (Å²) in [5, 5.41) is 9.71. The zero-order valence-corrected chi connectivity index (χ0v) is 26.1. The van der Waals surface area contributed by atoms with E-state index in [0.29, 0.717) is 31.6 Å². The number of hydrogen-bond acceptors (Lipinski definition) is 4. The van der Waals surface area contributed by atoms with Crippen molar-refractivity contribution >= 4 is 17.8 Å². The quantitative estimate of drug-likeness (QED) is 0.301. The average molecular weight is 604 g/mol. The maximum atomic E-state index is 14.5. The largest absolute Gasteiger partial charge is 0.480 e. The number of carboxylic acids is 1. The van der Waals surface area contributed by atoms with E-state index in [2.05, 4.69) is 41.3 Å². The molecule has 0 spiro atoms. The van der Waals surface area contributed by atoms with Crippen molar-refractivity contribution in [2.75, 3.05) is 20.1 Å². The van der Waals surface area contributed by atoms with Crippen LogP contribution >= 0.6 is 0 Å². The van der Waals surface area contributed by atoms with Crippen LogP contribution in [0.1, 0.15) is 43.4 Å². The van der Waals surface area contributed by atoms with Crippen molar-refractivity contribution in [3.05, 3.63) is 144 Å². The molecule has 0 unspecified atom stereocenters. The minimum atomic E-state index is -1.01. The van der Waals surface area contributed by atoms with E-state index >= 15 is 0 Å². The fourth-order valence-corrected chi connectivity index (χ4v) is 6.74. The van der Waals surface area contributed by atoms with Gasteiger partial charge in [-0.1, -0.05) is 117 Å². The predicted molar refractivity (Wildman–Crippen MR) is 176 cm³/mol. The van der Waals surface area contributed by atoms with Gasteiger partial charge in [-0.25, -0.2) is 4.79 Å². The van der Waals surface area contributed by atoms with Gasteiger partial charge >= 0.3 is 5.97 Å². The van der Waals surface area contributed by atoms with E-state index in [0.717, 1.165) is 16.7 Å². The van der Waals surface area contributed by atoms with Gasteiger partial charge in [-0.15, -0.1) is 0 Å². The van der Waals surface area contributed by atoms with Gasteiger partial charge in [-0.3, -0.25) is 9.59 Å². The van der Waals surface area contributed by atoms with E-state index < -0.39 is 17.6 Å². The number of amides is 2. The van der Waals surface area contributed by atoms with Crippen molar-refractivity contribution < 1.29 is 19.5 Å². The summed E-state index contributed by atoms with van der Waals surface area (Å²) < 4.78 is 0. The van der Waals surface area contributed by atoms with Gasteiger partial charge in [0.2, 0.25) is 5.91 Å². The molecule has 0 saturated carbocycles. The highest BCUT2D eigenvalue weighted by Crippen LogP contribution is 2.45. The molecule has 0 radical (unpaired) electrons. The number of aliphatic carboxylic acids is 1. The summed E-state index contributed by atoms with van der Waals surface area (Å²) in [7, 11) is 1.57. The third kappa shape index (κ3) is 6.21. The summed E-state index contributed by atoms with van der Waals surface area (Å²) in [4.78, 5) is 45.0. The summed E-state index contributed by atoms with van der Waals surface area (Å²) in [5.41, 5.74) is 2.69. The molecular formula is C38H41N3O4. The molecule has 1 atom stereocenters. The third-order valence-corrected chi connectivity index (χ3v) is 8.91. The molecule has 0 aromatic heterocycles. The van der Waals surface area contributed by atoms with Crippen LogP contribution in [0.3, 0.4) is 0 Å². The summed E-state index contributed by atoms with van der Waals surface area (Å²) in [6.45, 7) is 4.41. The number of carboxylic acid groups (broad SMARTS) is 1.